The SMILES string of the molecule is Cc1nn(C)c(Oc2cc(Cl)ccc2Cl)c1C#N. The molecule has 0 saturated heterocycles. The number of nitrogens with zero attached hydrogens (tertiary/aromatic N) is 3. The van der Waals surface area contributed by atoms with Crippen LogP contribution in [0.2, 0.25) is 10.0 Å². The number of hydrogen-bond acceptors (Lipinski definition) is 3. The van der Waals surface area contributed by atoms with Gasteiger partial charge in [-0.05, 0) is 19.1 Å². The van der Waals surface area contributed by atoms with Crippen molar-refractivity contribution >= 4 is 23.2 Å². The predicted octanol–water partition coefficient (Wildman–Crippen LogP) is 3.70. The van der Waals surface area contributed by atoms with E-state index in [1.165, 1.54) is 4.68 Å². The van der Waals surface area contributed by atoms with Gasteiger partial charge in [-0.3, -0.25) is 0 Å². The summed E-state index contributed by atoms with van der Waals surface area (Å²) in [5, 5.41) is 14.1. The van der Waals surface area contributed by atoms with Crippen LogP contribution in [-0.2, 0) is 7.05 Å². The van der Waals surface area contributed by atoms with Crippen molar-refractivity contribution in [3.63, 3.8) is 0 Å². The summed E-state index contributed by atoms with van der Waals surface area (Å²) in [6.45, 7) is 1.74. The Morgan fingerprint density at radius 2 is 2.11 bits per heavy atom. The van der Waals surface area contributed by atoms with Crippen LogP contribution in [0.3, 0.4) is 0 Å². The summed E-state index contributed by atoms with van der Waals surface area (Å²) >= 11 is 11.9. The quantitative estimate of drug-likeness (QED) is 0.843. The maximum absolute atomic E-state index is 9.07. The van der Waals surface area contributed by atoms with Crippen LogP contribution in [-0.4, -0.2) is 9.78 Å². The Bertz CT molecular complexity index is 644. The van der Waals surface area contributed by atoms with Crippen LogP contribution < -0.4 is 4.74 Å². The number of aryl methyl sites for hydroxylation is 2. The minimum absolute atomic E-state index is 0.346. The van der Waals surface area contributed by atoms with E-state index in [-0.39, 0.29) is 0 Å². The summed E-state index contributed by atoms with van der Waals surface area (Å²) in [6, 6.07) is 6.94. The zero-order valence-electron chi connectivity index (χ0n) is 9.74. The number of benzene rings is 1. The van der Waals surface area contributed by atoms with Crippen molar-refractivity contribution < 1.29 is 4.74 Å². The molecular formula is C12H9Cl2N3O. The van der Waals surface area contributed by atoms with Crippen molar-refractivity contribution in [2.75, 3.05) is 0 Å². The summed E-state index contributed by atoms with van der Waals surface area (Å²) in [4.78, 5) is 0. The zero-order chi connectivity index (χ0) is 13.3. The van der Waals surface area contributed by atoms with Crippen LogP contribution in [0.1, 0.15) is 11.3 Å². The fourth-order valence-electron chi connectivity index (χ4n) is 1.54. The standard InChI is InChI=1S/C12H9Cl2N3O/c1-7-9(6-15)12(17(2)16-7)18-11-5-8(13)3-4-10(11)14/h3-5H,1-2H3. The molecule has 0 fully saturated rings. The monoisotopic (exact) mass is 281 g/mol. The second-order valence-corrected chi connectivity index (χ2v) is 4.52. The summed E-state index contributed by atoms with van der Waals surface area (Å²) in [6.07, 6.45) is 0. The average Bonchev–Trinajstić information content (AvgIpc) is 2.58. The van der Waals surface area contributed by atoms with E-state index in [0.717, 1.165) is 0 Å². The number of halogens is 2. The van der Waals surface area contributed by atoms with Gasteiger partial charge in [0.15, 0.2) is 0 Å². The average molecular weight is 282 g/mol. The molecule has 2 aromatic rings. The maximum Gasteiger partial charge on any atom is 0.235 e. The van der Waals surface area contributed by atoms with E-state index in [9.17, 15) is 0 Å². The molecule has 0 saturated carbocycles. The Hall–Kier alpha value is -1.70. The number of hydrogen-bond donors (Lipinski definition) is 0. The Kier molecular flexibility index (Phi) is 3.46. The lowest BCUT2D eigenvalue weighted by Crippen LogP contribution is -1.96. The first-order valence-electron chi connectivity index (χ1n) is 5.09. The molecule has 1 aromatic heterocycles. The third-order valence-corrected chi connectivity index (χ3v) is 2.93. The zero-order valence-corrected chi connectivity index (χ0v) is 11.2. The van der Waals surface area contributed by atoms with Crippen LogP contribution in [0.5, 0.6) is 11.6 Å². The van der Waals surface area contributed by atoms with Crippen molar-refractivity contribution in [2.45, 2.75) is 6.92 Å². The van der Waals surface area contributed by atoms with Gasteiger partial charge >= 0.3 is 0 Å². The Labute approximate surface area is 114 Å². The summed E-state index contributed by atoms with van der Waals surface area (Å²) in [5.74, 6) is 0.739. The van der Waals surface area contributed by atoms with Crippen molar-refractivity contribution in [1.29, 1.82) is 5.26 Å². The van der Waals surface area contributed by atoms with Gasteiger partial charge in [0.1, 0.15) is 17.4 Å². The second kappa shape index (κ2) is 4.89. The van der Waals surface area contributed by atoms with Gasteiger partial charge in [0.05, 0.1) is 10.7 Å². The van der Waals surface area contributed by atoms with Gasteiger partial charge in [0.25, 0.3) is 0 Å². The van der Waals surface area contributed by atoms with Crippen LogP contribution in [0.25, 0.3) is 0 Å². The minimum atomic E-state index is 0.346. The summed E-state index contributed by atoms with van der Waals surface area (Å²) < 4.78 is 7.12. The van der Waals surface area contributed by atoms with E-state index in [1.54, 1.807) is 32.2 Å². The highest BCUT2D eigenvalue weighted by atomic mass is 35.5. The molecule has 1 heterocycles. The highest BCUT2D eigenvalue weighted by Crippen LogP contribution is 2.33. The smallest absolute Gasteiger partial charge is 0.235 e. The van der Waals surface area contributed by atoms with Gasteiger partial charge in [-0.2, -0.15) is 10.4 Å². The van der Waals surface area contributed by atoms with E-state index in [0.29, 0.717) is 32.9 Å². The van der Waals surface area contributed by atoms with Gasteiger partial charge in [-0.15, -0.1) is 0 Å². The van der Waals surface area contributed by atoms with E-state index >= 15 is 0 Å². The molecule has 4 nitrogen and oxygen atoms in total. The molecule has 2 rings (SSSR count). The summed E-state index contributed by atoms with van der Waals surface area (Å²) in [7, 11) is 1.70. The van der Waals surface area contributed by atoms with Gasteiger partial charge in [-0.25, -0.2) is 4.68 Å². The second-order valence-electron chi connectivity index (χ2n) is 3.68. The lowest BCUT2D eigenvalue weighted by Gasteiger charge is -2.08. The first-order valence-corrected chi connectivity index (χ1v) is 5.85. The molecule has 0 aliphatic rings. The van der Waals surface area contributed by atoms with E-state index in [1.807, 2.05) is 0 Å². The Morgan fingerprint density at radius 3 is 2.78 bits per heavy atom. The highest BCUT2D eigenvalue weighted by molar-refractivity contribution is 6.34. The molecule has 18 heavy (non-hydrogen) atoms. The molecule has 6 heteroatoms. The first kappa shape index (κ1) is 12.7. The molecule has 0 bridgehead atoms. The molecule has 0 aliphatic heterocycles. The lowest BCUT2D eigenvalue weighted by molar-refractivity contribution is 0.429. The van der Waals surface area contributed by atoms with Crippen LogP contribution in [0, 0.1) is 18.3 Å². The van der Waals surface area contributed by atoms with E-state index < -0.39 is 0 Å². The fraction of sp³-hybridized carbons (Fsp3) is 0.167. The molecule has 1 aromatic carbocycles. The van der Waals surface area contributed by atoms with Crippen LogP contribution >= 0.6 is 23.2 Å². The Morgan fingerprint density at radius 1 is 1.39 bits per heavy atom. The number of aromatic nitrogens is 2. The molecule has 0 amide bonds. The van der Waals surface area contributed by atoms with Gasteiger partial charge in [-0.1, -0.05) is 23.2 Å². The molecule has 0 radical (unpaired) electrons. The van der Waals surface area contributed by atoms with Gasteiger partial charge < -0.3 is 4.74 Å². The molecule has 0 spiro atoms. The largest absolute Gasteiger partial charge is 0.436 e. The Balaban J connectivity index is 2.46. The van der Waals surface area contributed by atoms with Gasteiger partial charge in [0, 0.05) is 18.1 Å². The van der Waals surface area contributed by atoms with Crippen molar-refractivity contribution in [2.24, 2.45) is 7.05 Å². The molecular weight excluding hydrogens is 273 g/mol. The fourth-order valence-corrected chi connectivity index (χ4v) is 1.86. The number of ether oxygens (including phenoxy) is 1. The van der Waals surface area contributed by atoms with Crippen molar-refractivity contribution in [3.05, 3.63) is 39.5 Å². The first-order chi connectivity index (χ1) is 8.52. The van der Waals surface area contributed by atoms with E-state index in [4.69, 9.17) is 33.2 Å². The minimum Gasteiger partial charge on any atom is -0.436 e. The highest BCUT2D eigenvalue weighted by Gasteiger charge is 2.16. The molecule has 0 aliphatic carbocycles. The van der Waals surface area contributed by atoms with Crippen molar-refractivity contribution in [3.8, 4) is 17.7 Å². The molecule has 92 valence electrons. The van der Waals surface area contributed by atoms with Crippen molar-refractivity contribution in [1.82, 2.24) is 9.78 Å². The predicted molar refractivity (Wildman–Crippen MR) is 69.2 cm³/mol. The third-order valence-electron chi connectivity index (χ3n) is 2.38. The molecule has 0 N–H and O–H groups in total. The van der Waals surface area contributed by atoms with Crippen LogP contribution in [0.15, 0.2) is 18.2 Å². The van der Waals surface area contributed by atoms with Crippen LogP contribution in [0.4, 0.5) is 0 Å². The maximum atomic E-state index is 9.07. The lowest BCUT2D eigenvalue weighted by atomic mass is 10.3. The number of rotatable bonds is 2. The third kappa shape index (κ3) is 2.28. The molecule has 0 atom stereocenters. The topological polar surface area (TPSA) is 50.8 Å². The number of nitriles is 1. The normalized spacial score (nSPS) is 10.2. The summed E-state index contributed by atoms with van der Waals surface area (Å²) in [5.41, 5.74) is 0.988. The van der Waals surface area contributed by atoms with E-state index in [2.05, 4.69) is 11.2 Å². The molecule has 0 unspecified atom stereocenters. The van der Waals surface area contributed by atoms with Gasteiger partial charge in [0.2, 0.25) is 5.88 Å².